The van der Waals surface area contributed by atoms with Gasteiger partial charge in [-0.2, -0.15) is 0 Å². The monoisotopic (exact) mass is 205 g/mol. The van der Waals surface area contributed by atoms with Crippen molar-refractivity contribution in [2.45, 2.75) is 20.8 Å². The minimum atomic E-state index is -0.481. The maximum atomic E-state index is 9.02. The molecule has 0 rings (SSSR count). The first-order chi connectivity index (χ1) is 6.39. The summed E-state index contributed by atoms with van der Waals surface area (Å²) in [7, 11) is 0. The van der Waals surface area contributed by atoms with E-state index in [9.17, 15) is 0 Å². The molecule has 0 radical (unpaired) electrons. The molecule has 0 saturated carbocycles. The highest BCUT2D eigenvalue weighted by Crippen LogP contribution is 2.15. The summed E-state index contributed by atoms with van der Waals surface area (Å²) < 4.78 is 0. The van der Waals surface area contributed by atoms with E-state index in [4.69, 9.17) is 15.3 Å². The van der Waals surface area contributed by atoms with E-state index in [0.717, 1.165) is 0 Å². The quantitative estimate of drug-likeness (QED) is 0.456. The number of hydrogen-bond donors (Lipinski definition) is 4. The largest absolute Gasteiger partial charge is 0.396 e. The summed E-state index contributed by atoms with van der Waals surface area (Å²) in [5, 5.41) is 30.2. The van der Waals surface area contributed by atoms with Gasteiger partial charge in [-0.3, -0.25) is 0 Å². The summed E-state index contributed by atoms with van der Waals surface area (Å²) >= 11 is 0. The molecule has 4 N–H and O–H groups in total. The molecule has 4 nitrogen and oxygen atoms in total. The summed E-state index contributed by atoms with van der Waals surface area (Å²) in [6.45, 7) is 6.96. The van der Waals surface area contributed by atoms with Crippen LogP contribution in [0.1, 0.15) is 20.8 Å². The topological polar surface area (TPSA) is 72.7 Å². The van der Waals surface area contributed by atoms with E-state index in [1.807, 2.05) is 20.8 Å². The second-order valence-corrected chi connectivity index (χ2v) is 5.05. The van der Waals surface area contributed by atoms with Crippen LogP contribution in [0.2, 0.25) is 0 Å². The van der Waals surface area contributed by atoms with Gasteiger partial charge in [-0.1, -0.05) is 20.8 Å². The molecule has 0 fully saturated rings. The molecule has 0 amide bonds. The minimum absolute atomic E-state index is 0.0456. The third-order valence-electron chi connectivity index (χ3n) is 2.35. The van der Waals surface area contributed by atoms with Crippen LogP contribution in [0.3, 0.4) is 0 Å². The molecule has 0 spiro atoms. The van der Waals surface area contributed by atoms with E-state index in [0.29, 0.717) is 13.1 Å². The maximum absolute atomic E-state index is 9.02. The van der Waals surface area contributed by atoms with Gasteiger partial charge in [-0.25, -0.2) is 0 Å². The molecule has 0 aliphatic carbocycles. The summed E-state index contributed by atoms with van der Waals surface area (Å²) in [4.78, 5) is 0. The van der Waals surface area contributed by atoms with E-state index in [1.165, 1.54) is 0 Å². The Hall–Kier alpha value is -0.160. The second kappa shape index (κ2) is 5.66. The molecule has 0 aromatic rings. The zero-order chi connectivity index (χ0) is 11.2. The minimum Gasteiger partial charge on any atom is -0.396 e. The van der Waals surface area contributed by atoms with Crippen LogP contribution in [-0.2, 0) is 0 Å². The van der Waals surface area contributed by atoms with Crippen molar-refractivity contribution in [3.63, 3.8) is 0 Å². The van der Waals surface area contributed by atoms with E-state index in [2.05, 4.69) is 5.32 Å². The average molecular weight is 205 g/mol. The molecule has 0 aliphatic heterocycles. The van der Waals surface area contributed by atoms with Crippen molar-refractivity contribution >= 4 is 0 Å². The normalized spacial score (nSPS) is 13.3. The first-order valence-corrected chi connectivity index (χ1v) is 4.92. The lowest BCUT2D eigenvalue weighted by molar-refractivity contribution is 0.0648. The zero-order valence-corrected chi connectivity index (χ0v) is 9.38. The highest BCUT2D eigenvalue weighted by atomic mass is 16.3. The average Bonchev–Trinajstić information content (AvgIpc) is 2.17. The Morgan fingerprint density at radius 3 is 1.71 bits per heavy atom. The molecule has 0 atom stereocenters. The molecule has 14 heavy (non-hydrogen) atoms. The smallest absolute Gasteiger partial charge is 0.0518 e. The molecule has 0 bridgehead atoms. The van der Waals surface area contributed by atoms with Gasteiger partial charge in [0.25, 0.3) is 0 Å². The lowest BCUT2D eigenvalue weighted by Crippen LogP contribution is -2.42. The SMILES string of the molecule is CC(C)(CO)CNCC(C)(CO)CO. The van der Waals surface area contributed by atoms with Gasteiger partial charge in [0.15, 0.2) is 0 Å². The van der Waals surface area contributed by atoms with E-state index >= 15 is 0 Å². The van der Waals surface area contributed by atoms with Gasteiger partial charge in [0.1, 0.15) is 0 Å². The molecule has 0 heterocycles. The Labute approximate surface area is 86.0 Å². The summed E-state index contributed by atoms with van der Waals surface area (Å²) in [6, 6.07) is 0. The van der Waals surface area contributed by atoms with Crippen LogP contribution in [-0.4, -0.2) is 48.2 Å². The third kappa shape index (κ3) is 4.91. The lowest BCUT2D eigenvalue weighted by Gasteiger charge is -2.28. The molecule has 86 valence electrons. The van der Waals surface area contributed by atoms with Crippen LogP contribution >= 0.6 is 0 Å². The third-order valence-corrected chi connectivity index (χ3v) is 2.35. The summed E-state index contributed by atoms with van der Waals surface area (Å²) in [6.07, 6.45) is 0. The van der Waals surface area contributed by atoms with Crippen LogP contribution in [0.15, 0.2) is 0 Å². The summed E-state index contributed by atoms with van der Waals surface area (Å²) in [5.41, 5.74) is -0.642. The van der Waals surface area contributed by atoms with Gasteiger partial charge >= 0.3 is 0 Å². The van der Waals surface area contributed by atoms with Crippen molar-refractivity contribution in [1.82, 2.24) is 5.32 Å². The standard InChI is InChI=1S/C10H23NO3/c1-9(2,6-12)4-11-5-10(3,7-13)8-14/h11-14H,4-8H2,1-3H3. The lowest BCUT2D eigenvalue weighted by atomic mass is 9.91. The Kier molecular flexibility index (Phi) is 5.59. The van der Waals surface area contributed by atoms with Crippen molar-refractivity contribution in [1.29, 1.82) is 0 Å². The van der Waals surface area contributed by atoms with Crippen LogP contribution in [0.4, 0.5) is 0 Å². The Balaban J connectivity index is 3.83. The molecule has 0 aromatic carbocycles. The molecular weight excluding hydrogens is 182 g/mol. The number of aliphatic hydroxyl groups is 3. The molecule has 0 aliphatic rings. The first kappa shape index (κ1) is 13.8. The Bertz CT molecular complexity index is 155. The predicted molar refractivity (Wildman–Crippen MR) is 56.0 cm³/mol. The van der Waals surface area contributed by atoms with Crippen LogP contribution in [0, 0.1) is 10.8 Å². The van der Waals surface area contributed by atoms with Gasteiger partial charge in [-0.05, 0) is 0 Å². The number of aliphatic hydroxyl groups excluding tert-OH is 3. The van der Waals surface area contributed by atoms with E-state index in [1.54, 1.807) is 0 Å². The molecule has 0 unspecified atom stereocenters. The van der Waals surface area contributed by atoms with Crippen molar-refractivity contribution in [3.05, 3.63) is 0 Å². The second-order valence-electron chi connectivity index (χ2n) is 5.05. The highest BCUT2D eigenvalue weighted by molar-refractivity contribution is 4.77. The fourth-order valence-electron chi connectivity index (χ4n) is 0.920. The molecule has 0 saturated heterocycles. The maximum Gasteiger partial charge on any atom is 0.0518 e. The highest BCUT2D eigenvalue weighted by Gasteiger charge is 2.23. The van der Waals surface area contributed by atoms with Crippen molar-refractivity contribution in [2.75, 3.05) is 32.9 Å². The first-order valence-electron chi connectivity index (χ1n) is 4.92. The molecular formula is C10H23NO3. The number of rotatable bonds is 7. The van der Waals surface area contributed by atoms with Crippen LogP contribution in [0.5, 0.6) is 0 Å². The molecule has 0 aromatic heterocycles. The fourth-order valence-corrected chi connectivity index (χ4v) is 0.920. The Morgan fingerprint density at radius 1 is 0.857 bits per heavy atom. The Morgan fingerprint density at radius 2 is 1.36 bits per heavy atom. The van der Waals surface area contributed by atoms with Crippen molar-refractivity contribution < 1.29 is 15.3 Å². The van der Waals surface area contributed by atoms with Gasteiger partial charge in [0.2, 0.25) is 0 Å². The summed E-state index contributed by atoms with van der Waals surface area (Å²) in [5.74, 6) is 0. The number of nitrogens with one attached hydrogen (secondary N) is 1. The van der Waals surface area contributed by atoms with Gasteiger partial charge in [0.05, 0.1) is 13.2 Å². The molecule has 4 heteroatoms. The van der Waals surface area contributed by atoms with Crippen LogP contribution < -0.4 is 5.32 Å². The van der Waals surface area contributed by atoms with E-state index in [-0.39, 0.29) is 25.2 Å². The van der Waals surface area contributed by atoms with Gasteiger partial charge in [-0.15, -0.1) is 0 Å². The van der Waals surface area contributed by atoms with Gasteiger partial charge in [0, 0.05) is 30.5 Å². The van der Waals surface area contributed by atoms with Crippen molar-refractivity contribution in [3.8, 4) is 0 Å². The van der Waals surface area contributed by atoms with Crippen molar-refractivity contribution in [2.24, 2.45) is 10.8 Å². The zero-order valence-electron chi connectivity index (χ0n) is 9.38. The van der Waals surface area contributed by atoms with Gasteiger partial charge < -0.3 is 20.6 Å². The van der Waals surface area contributed by atoms with E-state index < -0.39 is 5.41 Å². The predicted octanol–water partition coefficient (Wildman–Crippen LogP) is -0.415. The number of hydrogen-bond acceptors (Lipinski definition) is 4. The van der Waals surface area contributed by atoms with Crippen LogP contribution in [0.25, 0.3) is 0 Å². The fraction of sp³-hybridized carbons (Fsp3) is 1.00.